The zero-order chi connectivity index (χ0) is 25.0. The van der Waals surface area contributed by atoms with E-state index in [-0.39, 0.29) is 35.9 Å². The molecule has 1 saturated heterocycles. The number of ether oxygens (including phenoxy) is 1. The number of halogens is 2. The highest BCUT2D eigenvalue weighted by Crippen LogP contribution is 2.40. The summed E-state index contributed by atoms with van der Waals surface area (Å²) < 4.78 is 57.7. The Morgan fingerprint density at radius 1 is 1.20 bits per heavy atom. The lowest BCUT2D eigenvalue weighted by Crippen LogP contribution is -2.31. The molecule has 2 aliphatic heterocycles. The van der Waals surface area contributed by atoms with Crippen LogP contribution in [0, 0.1) is 5.92 Å². The topological polar surface area (TPSA) is 97.7 Å². The van der Waals surface area contributed by atoms with Gasteiger partial charge in [0.15, 0.2) is 9.84 Å². The van der Waals surface area contributed by atoms with Gasteiger partial charge in [0.2, 0.25) is 0 Å². The lowest BCUT2D eigenvalue weighted by Gasteiger charge is -2.29. The Kier molecular flexibility index (Phi) is 5.99. The van der Waals surface area contributed by atoms with Crippen molar-refractivity contribution in [1.82, 2.24) is 4.98 Å². The number of hydrogen-bond donors (Lipinski definition) is 1. The largest absolute Gasteiger partial charge is 0.367 e. The number of hydrogen-bond acceptors (Lipinski definition) is 7. The molecule has 3 aliphatic rings. The van der Waals surface area contributed by atoms with E-state index in [1.165, 1.54) is 6.07 Å². The van der Waals surface area contributed by atoms with Crippen molar-refractivity contribution in [2.24, 2.45) is 10.9 Å². The number of aliphatic imine (C=N–C) groups is 1. The number of Topliss-reactive ketones (excluding diaryl/α,β-unsaturated/α-hetero) is 1. The molecule has 1 saturated carbocycles. The SMILES string of the molecule is CC1=Nc2c(Nc3ccc(C4CCC(F)(F)CO4)cc3S(C)(=O)=O)cc(CC(=O)C3CC3)nc2C1. The van der Waals surface area contributed by atoms with Crippen LogP contribution in [-0.2, 0) is 32.2 Å². The molecule has 1 unspecified atom stereocenters. The average molecular weight is 504 g/mol. The number of sulfone groups is 1. The van der Waals surface area contributed by atoms with Crippen LogP contribution in [0.5, 0.6) is 0 Å². The van der Waals surface area contributed by atoms with Crippen molar-refractivity contribution in [2.45, 2.75) is 62.4 Å². The van der Waals surface area contributed by atoms with Gasteiger partial charge < -0.3 is 10.1 Å². The van der Waals surface area contributed by atoms with Crippen molar-refractivity contribution in [3.05, 3.63) is 41.2 Å². The number of nitrogens with one attached hydrogen (secondary N) is 1. The maximum atomic E-state index is 13.5. The fraction of sp³-hybridized carbons (Fsp3) is 0.480. The quantitative estimate of drug-likeness (QED) is 0.578. The molecule has 186 valence electrons. The Hall–Kier alpha value is -2.72. The Balaban J connectivity index is 1.48. The summed E-state index contributed by atoms with van der Waals surface area (Å²) >= 11 is 0. The second kappa shape index (κ2) is 8.74. The van der Waals surface area contributed by atoms with E-state index in [4.69, 9.17) is 4.74 Å². The highest BCUT2D eigenvalue weighted by atomic mass is 32.2. The number of benzene rings is 1. The van der Waals surface area contributed by atoms with Gasteiger partial charge in [0, 0.05) is 37.1 Å². The van der Waals surface area contributed by atoms with E-state index in [2.05, 4.69) is 15.3 Å². The molecule has 0 amide bonds. The summed E-state index contributed by atoms with van der Waals surface area (Å²) in [4.78, 5) is 21.7. The summed E-state index contributed by atoms with van der Waals surface area (Å²) in [5.41, 5.74) is 4.34. The summed E-state index contributed by atoms with van der Waals surface area (Å²) in [7, 11) is -3.67. The number of carbonyl (C=O) groups is 1. The van der Waals surface area contributed by atoms with Gasteiger partial charge in [-0.15, -0.1) is 0 Å². The second-order valence-corrected chi connectivity index (χ2v) is 11.7. The zero-order valence-electron chi connectivity index (χ0n) is 19.6. The van der Waals surface area contributed by atoms with E-state index < -0.39 is 28.5 Å². The lowest BCUT2D eigenvalue weighted by molar-refractivity contribution is -0.145. The molecule has 2 aromatic rings. The van der Waals surface area contributed by atoms with E-state index >= 15 is 0 Å². The van der Waals surface area contributed by atoms with Gasteiger partial charge in [-0.05, 0) is 49.9 Å². The van der Waals surface area contributed by atoms with Crippen molar-refractivity contribution in [1.29, 1.82) is 0 Å². The molecule has 1 aromatic heterocycles. The third-order valence-electron chi connectivity index (χ3n) is 6.55. The van der Waals surface area contributed by atoms with Crippen LogP contribution in [-0.4, -0.2) is 43.7 Å². The maximum Gasteiger partial charge on any atom is 0.271 e. The molecule has 1 atom stereocenters. The number of carbonyl (C=O) groups excluding carboxylic acids is 1. The smallest absolute Gasteiger partial charge is 0.271 e. The van der Waals surface area contributed by atoms with Crippen LogP contribution in [0.4, 0.5) is 25.8 Å². The number of aromatic nitrogens is 1. The molecule has 5 rings (SSSR count). The van der Waals surface area contributed by atoms with Crippen LogP contribution in [0.1, 0.15) is 55.7 Å². The fourth-order valence-corrected chi connectivity index (χ4v) is 5.43. The van der Waals surface area contributed by atoms with Crippen molar-refractivity contribution < 1.29 is 26.7 Å². The molecule has 1 aromatic carbocycles. The average Bonchev–Trinajstić information content (AvgIpc) is 3.55. The summed E-state index contributed by atoms with van der Waals surface area (Å²) in [6, 6.07) is 6.56. The molecule has 0 bridgehead atoms. The van der Waals surface area contributed by atoms with Crippen LogP contribution in [0.3, 0.4) is 0 Å². The minimum absolute atomic E-state index is 0.0378. The van der Waals surface area contributed by atoms with E-state index in [1.54, 1.807) is 18.2 Å². The molecule has 10 heteroatoms. The van der Waals surface area contributed by atoms with E-state index in [9.17, 15) is 22.0 Å². The van der Waals surface area contributed by atoms with Crippen molar-refractivity contribution in [3.8, 4) is 0 Å². The highest BCUT2D eigenvalue weighted by Gasteiger charge is 2.37. The van der Waals surface area contributed by atoms with Gasteiger partial charge in [0.05, 0.1) is 33.8 Å². The molecule has 1 N–H and O–H groups in total. The van der Waals surface area contributed by atoms with E-state index in [0.717, 1.165) is 30.5 Å². The normalized spacial score (nSPS) is 21.4. The van der Waals surface area contributed by atoms with Gasteiger partial charge in [-0.1, -0.05) is 6.07 Å². The third kappa shape index (κ3) is 5.28. The number of rotatable bonds is 7. The summed E-state index contributed by atoms with van der Waals surface area (Å²) in [5.74, 6) is -2.58. The number of fused-ring (bicyclic) bond motifs is 1. The standard InChI is InChI=1S/C25H27F2N3O4S/c1-14-9-19-24(28-14)20(11-17(29-19)12-21(31)15-3-4-15)30-18-6-5-16(10-23(18)35(2,32)33)22-7-8-25(26,27)13-34-22/h5-6,10-11,15,22H,3-4,7-9,12-13H2,1-2H3,(H,29,30). The molecule has 0 spiro atoms. The number of nitrogens with zero attached hydrogens (tertiary/aromatic N) is 2. The Bertz CT molecular complexity index is 1330. The molecule has 2 fully saturated rings. The van der Waals surface area contributed by atoms with Gasteiger partial charge in [-0.3, -0.25) is 14.8 Å². The third-order valence-corrected chi connectivity index (χ3v) is 7.68. The first-order valence-corrected chi connectivity index (χ1v) is 13.6. The van der Waals surface area contributed by atoms with Crippen LogP contribution in [0.25, 0.3) is 0 Å². The number of ketones is 1. The Morgan fingerprint density at radius 2 is 1.97 bits per heavy atom. The van der Waals surface area contributed by atoms with Crippen LogP contribution in [0.2, 0.25) is 0 Å². The van der Waals surface area contributed by atoms with Gasteiger partial charge in [0.25, 0.3) is 5.92 Å². The number of anilines is 2. The van der Waals surface area contributed by atoms with Crippen LogP contribution in [0.15, 0.2) is 34.2 Å². The molecule has 0 radical (unpaired) electrons. The van der Waals surface area contributed by atoms with Crippen molar-refractivity contribution in [2.75, 3.05) is 18.2 Å². The Morgan fingerprint density at radius 3 is 2.63 bits per heavy atom. The maximum absolute atomic E-state index is 13.5. The molecule has 3 heterocycles. The predicted octanol–water partition coefficient (Wildman–Crippen LogP) is 4.89. The van der Waals surface area contributed by atoms with Crippen LogP contribution >= 0.6 is 0 Å². The predicted molar refractivity (Wildman–Crippen MR) is 128 cm³/mol. The van der Waals surface area contributed by atoms with Crippen molar-refractivity contribution >= 4 is 38.4 Å². The first-order chi connectivity index (χ1) is 16.5. The summed E-state index contributed by atoms with van der Waals surface area (Å²) in [5, 5.41) is 3.20. The van der Waals surface area contributed by atoms with E-state index in [1.807, 2.05) is 6.92 Å². The molecular weight excluding hydrogens is 476 g/mol. The molecule has 7 nitrogen and oxygen atoms in total. The molecule has 35 heavy (non-hydrogen) atoms. The lowest BCUT2D eigenvalue weighted by atomic mass is 9.99. The van der Waals surface area contributed by atoms with Gasteiger partial charge >= 0.3 is 0 Å². The minimum atomic E-state index is -3.67. The molecular formula is C25H27F2N3O4S. The van der Waals surface area contributed by atoms with Gasteiger partial charge in [-0.25, -0.2) is 17.2 Å². The summed E-state index contributed by atoms with van der Waals surface area (Å²) in [6.45, 7) is 1.21. The second-order valence-electron chi connectivity index (χ2n) is 9.74. The summed E-state index contributed by atoms with van der Waals surface area (Å²) in [6.07, 6.45) is 2.94. The number of alkyl halides is 2. The molecule has 1 aliphatic carbocycles. The first kappa shape index (κ1) is 24.0. The van der Waals surface area contributed by atoms with Gasteiger partial charge in [-0.2, -0.15) is 0 Å². The number of pyridine rings is 1. The van der Waals surface area contributed by atoms with Crippen molar-refractivity contribution in [3.63, 3.8) is 0 Å². The monoisotopic (exact) mass is 503 g/mol. The minimum Gasteiger partial charge on any atom is -0.367 e. The highest BCUT2D eigenvalue weighted by molar-refractivity contribution is 7.90. The van der Waals surface area contributed by atoms with E-state index in [0.29, 0.717) is 34.7 Å². The zero-order valence-corrected chi connectivity index (χ0v) is 20.4. The Labute approximate surface area is 202 Å². The first-order valence-electron chi connectivity index (χ1n) is 11.7. The fourth-order valence-electron chi connectivity index (χ4n) is 4.56. The van der Waals surface area contributed by atoms with Crippen LogP contribution < -0.4 is 5.32 Å². The van der Waals surface area contributed by atoms with Gasteiger partial charge in [0.1, 0.15) is 18.1 Å².